The van der Waals surface area contributed by atoms with Gasteiger partial charge in [-0.1, -0.05) is 153 Å². The van der Waals surface area contributed by atoms with Crippen LogP contribution < -0.4 is 9.30 Å². The van der Waals surface area contributed by atoms with Gasteiger partial charge in [0.2, 0.25) is 0 Å². The zero-order chi connectivity index (χ0) is 58.7. The van der Waals surface area contributed by atoms with Crippen LogP contribution >= 0.6 is 0 Å². The predicted molar refractivity (Wildman–Crippen MR) is 307 cm³/mol. The topological polar surface area (TPSA) is 53.7 Å². The van der Waals surface area contributed by atoms with Gasteiger partial charge in [0.1, 0.15) is 5.82 Å². The Kier molecular flexibility index (Phi) is 9.58. The van der Waals surface area contributed by atoms with Crippen molar-refractivity contribution in [1.82, 2.24) is 23.7 Å². The third-order valence-electron chi connectivity index (χ3n) is 14.1. The van der Waals surface area contributed by atoms with Crippen molar-refractivity contribution in [2.24, 2.45) is 0 Å². The van der Waals surface area contributed by atoms with Gasteiger partial charge in [0.15, 0.2) is 0 Å². The number of pyridine rings is 2. The van der Waals surface area contributed by atoms with Gasteiger partial charge in [0.05, 0.1) is 40.1 Å². The maximum absolute atomic E-state index is 9.20. The minimum absolute atomic E-state index is 0. The van der Waals surface area contributed by atoms with E-state index in [1.807, 2.05) is 54.7 Å². The third-order valence-corrected chi connectivity index (χ3v) is 14.1. The van der Waals surface area contributed by atoms with Crippen molar-refractivity contribution in [2.75, 3.05) is 0 Å². The standard InChI is InChI=1S/C69H48N6O.Pt/c1-69(2,3)50-36-39-71-67(41-50)75-63-33-29-52(74-61-26-12-10-22-57(61)58-23-11-13-27-62(58)74)43-60(63)59-31-30-54(44-65(59)75)76-53-21-14-20-51(42-53)72-45-73(66-40-49(28-32-64(66)72)46-34-37-70-38-35-46)68-55(47-16-6-4-7-17-47)24-15-25-56(68)48-18-8-5-9-19-48;/h4-41,43H,1-3H3;/q-2;/i4D,5D,6D,7D,8D,9D,16D,17D,18D;. The second-order valence-corrected chi connectivity index (χ2v) is 19.6. The molecular weight excluding hydrogens is 1120 g/mol. The molecule has 0 spiro atoms. The molecule has 372 valence electrons. The molecule has 14 aromatic rings. The molecule has 0 saturated heterocycles. The van der Waals surface area contributed by atoms with Gasteiger partial charge in [-0.25, -0.2) is 4.98 Å². The second kappa shape index (κ2) is 19.2. The Hall–Kier alpha value is -9.16. The van der Waals surface area contributed by atoms with E-state index in [-0.39, 0.29) is 60.9 Å². The Labute approximate surface area is 473 Å². The fourth-order valence-electron chi connectivity index (χ4n) is 10.5. The number of fused-ring (bicyclic) bond motifs is 7. The van der Waals surface area contributed by atoms with Crippen LogP contribution in [0.3, 0.4) is 0 Å². The number of hydrogen-bond donors (Lipinski definition) is 0. The first-order valence-corrected chi connectivity index (χ1v) is 24.9. The van der Waals surface area contributed by atoms with Gasteiger partial charge in [0, 0.05) is 73.1 Å². The van der Waals surface area contributed by atoms with Crippen molar-refractivity contribution in [3.63, 3.8) is 0 Å². The number of para-hydroxylation sites is 3. The van der Waals surface area contributed by atoms with Crippen LogP contribution in [-0.2, 0) is 26.5 Å². The number of rotatable bonds is 9. The normalized spacial score (nSPS) is 13.4. The molecule has 7 nitrogen and oxygen atoms in total. The van der Waals surface area contributed by atoms with Gasteiger partial charge in [-0.05, 0) is 116 Å². The van der Waals surface area contributed by atoms with Crippen LogP contribution in [0.15, 0.2) is 237 Å². The second-order valence-electron chi connectivity index (χ2n) is 19.6. The van der Waals surface area contributed by atoms with Gasteiger partial charge in [0.25, 0.3) is 6.33 Å². The van der Waals surface area contributed by atoms with Crippen molar-refractivity contribution in [3.8, 4) is 67.8 Å². The molecule has 0 amide bonds. The average molecular weight is 1180 g/mol. The van der Waals surface area contributed by atoms with Crippen LogP contribution in [0.1, 0.15) is 38.7 Å². The summed E-state index contributed by atoms with van der Waals surface area (Å²) in [5.41, 5.74) is 9.96. The Bertz CT molecular complexity index is 5030. The third kappa shape index (κ3) is 8.31. The predicted octanol–water partition coefficient (Wildman–Crippen LogP) is 16.4. The molecule has 0 saturated carbocycles. The zero-order valence-electron chi connectivity index (χ0n) is 50.7. The van der Waals surface area contributed by atoms with Gasteiger partial charge < -0.3 is 18.4 Å². The molecule has 14 rings (SSSR count). The van der Waals surface area contributed by atoms with Crippen molar-refractivity contribution in [1.29, 1.82) is 0 Å². The molecule has 0 radical (unpaired) electrons. The van der Waals surface area contributed by atoms with E-state index in [4.69, 9.17) is 17.9 Å². The average Bonchev–Trinajstić information content (AvgIpc) is 1.56. The maximum Gasteiger partial charge on any atom is 0.268 e. The van der Waals surface area contributed by atoms with Gasteiger partial charge >= 0.3 is 0 Å². The van der Waals surface area contributed by atoms with Crippen LogP contribution in [0.25, 0.3) is 111 Å². The zero-order valence-corrected chi connectivity index (χ0v) is 44.0. The van der Waals surface area contributed by atoms with Gasteiger partial charge in [-0.2, -0.15) is 18.2 Å². The molecule has 0 aliphatic rings. The van der Waals surface area contributed by atoms with Crippen LogP contribution in [-0.4, -0.2) is 23.7 Å². The van der Waals surface area contributed by atoms with E-state index in [1.54, 1.807) is 45.8 Å². The molecule has 0 fully saturated rings. The summed E-state index contributed by atoms with van der Waals surface area (Å²) < 4.78 is 94.1. The SMILES string of the molecule is [2H]c1cc(-c2cccc(-c3c([2H])c([2H])c([2H])c([2H])c3[2H])c2-[n+]2[c-]n(-c3[c-]c(Oc4[c-]c5c(cc4)c4cc(-n6c7ccccc7c7ccccc76)ccc4n5-c4cc(C(C)(C)C)ccn4)ccc3)c3ccc(-c4ccncc4)cc32)c([2H])c([2H])c1[2H].[Pt]. The largest absolute Gasteiger partial charge is 0.510 e. The summed E-state index contributed by atoms with van der Waals surface area (Å²) in [7, 11) is 0. The van der Waals surface area contributed by atoms with Crippen LogP contribution in [0, 0.1) is 18.5 Å². The fraction of sp³-hybridized carbons (Fsp3) is 0.0580. The minimum atomic E-state index is -0.558. The first kappa shape index (κ1) is 38.4. The Morgan fingerprint density at radius 3 is 1.99 bits per heavy atom. The summed E-state index contributed by atoms with van der Waals surface area (Å²) in [6.45, 7) is 6.55. The van der Waals surface area contributed by atoms with Crippen molar-refractivity contribution >= 4 is 54.6 Å². The summed E-state index contributed by atoms with van der Waals surface area (Å²) in [6.07, 6.45) is 8.78. The number of ether oxygens (including phenoxy) is 1. The molecular formula is C69H48N6OPt-2. The summed E-state index contributed by atoms with van der Waals surface area (Å²) in [5, 5.41) is 4.30. The van der Waals surface area contributed by atoms with E-state index in [2.05, 4.69) is 138 Å². The maximum atomic E-state index is 9.20. The molecule has 0 bridgehead atoms. The first-order valence-electron chi connectivity index (χ1n) is 29.4. The van der Waals surface area contributed by atoms with Crippen molar-refractivity contribution < 1.29 is 42.7 Å². The van der Waals surface area contributed by atoms with E-state index in [9.17, 15) is 4.11 Å². The molecule has 5 aromatic heterocycles. The van der Waals surface area contributed by atoms with Gasteiger partial charge in [-0.3, -0.25) is 9.55 Å². The number of nitrogens with zero attached hydrogens (tertiary/aromatic N) is 6. The van der Waals surface area contributed by atoms with Crippen molar-refractivity contribution in [2.45, 2.75) is 26.2 Å². The molecule has 77 heavy (non-hydrogen) atoms. The first-order chi connectivity index (χ1) is 41.0. The van der Waals surface area contributed by atoms with Crippen LogP contribution in [0.5, 0.6) is 11.5 Å². The molecule has 0 N–H and O–H groups in total. The van der Waals surface area contributed by atoms with E-state index in [1.165, 1.54) is 16.8 Å². The molecule has 0 atom stereocenters. The smallest absolute Gasteiger partial charge is 0.268 e. The molecule has 5 heterocycles. The van der Waals surface area contributed by atoms with Crippen LogP contribution in [0.4, 0.5) is 0 Å². The van der Waals surface area contributed by atoms with E-state index < -0.39 is 42.3 Å². The summed E-state index contributed by atoms with van der Waals surface area (Å²) in [4.78, 5) is 9.20. The summed E-state index contributed by atoms with van der Waals surface area (Å²) in [6, 6.07) is 56.2. The Morgan fingerprint density at radius 2 is 1.21 bits per heavy atom. The summed E-state index contributed by atoms with van der Waals surface area (Å²) in [5.74, 6) is 1.51. The van der Waals surface area contributed by atoms with E-state index >= 15 is 0 Å². The molecule has 8 heteroatoms. The monoisotopic (exact) mass is 1180 g/mol. The van der Waals surface area contributed by atoms with E-state index in [0.717, 1.165) is 61.0 Å². The molecule has 0 aliphatic carbocycles. The molecule has 0 aliphatic heterocycles. The Balaban J connectivity index is 0.00000686. The Morgan fingerprint density at radius 1 is 0.519 bits per heavy atom. The number of aromatic nitrogens is 6. The quantitative estimate of drug-likeness (QED) is 0.107. The van der Waals surface area contributed by atoms with E-state index in [0.29, 0.717) is 33.8 Å². The fourth-order valence-corrected chi connectivity index (χ4v) is 10.5. The minimum Gasteiger partial charge on any atom is -0.510 e. The van der Waals surface area contributed by atoms with Crippen molar-refractivity contribution in [3.05, 3.63) is 261 Å². The molecule has 0 unspecified atom stereocenters. The van der Waals surface area contributed by atoms with Crippen LogP contribution in [0.2, 0.25) is 0 Å². The number of imidazole rings is 1. The van der Waals surface area contributed by atoms with Gasteiger partial charge in [-0.15, -0.1) is 29.7 Å². The summed E-state index contributed by atoms with van der Waals surface area (Å²) >= 11 is 0. The number of hydrogen-bond acceptors (Lipinski definition) is 3. The number of benzene rings is 9. The molecule has 9 aromatic carbocycles.